The van der Waals surface area contributed by atoms with Gasteiger partial charge in [-0.25, -0.2) is 0 Å². The highest BCUT2D eigenvalue weighted by Gasteiger charge is 2.22. The van der Waals surface area contributed by atoms with E-state index in [2.05, 4.69) is 19.3 Å². The summed E-state index contributed by atoms with van der Waals surface area (Å²) >= 11 is 0. The van der Waals surface area contributed by atoms with E-state index in [1.165, 1.54) is 0 Å². The van der Waals surface area contributed by atoms with Crippen LogP contribution in [0.2, 0.25) is 0 Å². The van der Waals surface area contributed by atoms with Gasteiger partial charge in [0, 0.05) is 6.04 Å². The molecule has 0 radical (unpaired) electrons. The van der Waals surface area contributed by atoms with Crippen LogP contribution in [0.3, 0.4) is 0 Å². The van der Waals surface area contributed by atoms with Crippen molar-refractivity contribution >= 4 is 0 Å². The minimum atomic E-state index is 0.0451. The highest BCUT2D eigenvalue weighted by molar-refractivity contribution is 5.54. The number of methoxy groups -OCH3 is 3. The number of hydrogen-bond donors (Lipinski definition) is 2. The largest absolute Gasteiger partial charge is 0.493 e. The quantitative estimate of drug-likeness (QED) is 0.567. The highest BCUT2D eigenvalue weighted by atomic mass is 16.5. The van der Waals surface area contributed by atoms with Crippen molar-refractivity contribution in [2.45, 2.75) is 32.7 Å². The zero-order valence-corrected chi connectivity index (χ0v) is 13.0. The van der Waals surface area contributed by atoms with Crippen LogP contribution in [0, 0.1) is 5.92 Å². The van der Waals surface area contributed by atoms with Crippen molar-refractivity contribution in [1.29, 1.82) is 0 Å². The molecule has 0 heterocycles. The zero-order valence-electron chi connectivity index (χ0n) is 13.0. The number of rotatable bonds is 8. The number of nitrogens with one attached hydrogen (secondary N) is 1. The highest BCUT2D eigenvalue weighted by Crippen LogP contribution is 2.41. The van der Waals surface area contributed by atoms with E-state index in [0.29, 0.717) is 23.2 Å². The molecule has 1 rings (SSSR count). The summed E-state index contributed by atoms with van der Waals surface area (Å²) in [5.74, 6) is 8.02. The van der Waals surface area contributed by atoms with Crippen molar-refractivity contribution in [1.82, 2.24) is 5.43 Å². The zero-order chi connectivity index (χ0) is 15.1. The molecule has 0 saturated carbocycles. The third kappa shape index (κ3) is 3.55. The maximum absolute atomic E-state index is 5.73. The molecule has 0 fully saturated rings. The van der Waals surface area contributed by atoms with Gasteiger partial charge in [-0.15, -0.1) is 0 Å². The van der Waals surface area contributed by atoms with Crippen LogP contribution in [-0.4, -0.2) is 21.3 Å². The molecule has 0 spiro atoms. The monoisotopic (exact) mass is 282 g/mol. The Morgan fingerprint density at radius 2 is 1.65 bits per heavy atom. The number of benzene rings is 1. The number of ether oxygens (including phenoxy) is 3. The van der Waals surface area contributed by atoms with Gasteiger partial charge >= 0.3 is 0 Å². The van der Waals surface area contributed by atoms with Crippen molar-refractivity contribution in [2.75, 3.05) is 21.3 Å². The first-order chi connectivity index (χ1) is 9.62. The van der Waals surface area contributed by atoms with Gasteiger partial charge in [-0.1, -0.05) is 20.3 Å². The first kappa shape index (κ1) is 16.6. The third-order valence-electron chi connectivity index (χ3n) is 3.54. The maximum Gasteiger partial charge on any atom is 0.203 e. The topological polar surface area (TPSA) is 65.7 Å². The Hall–Kier alpha value is -1.46. The molecule has 114 valence electrons. The number of hydrazine groups is 1. The molecule has 0 amide bonds. The Labute approximate surface area is 121 Å². The van der Waals surface area contributed by atoms with Crippen LogP contribution in [0.25, 0.3) is 0 Å². The smallest absolute Gasteiger partial charge is 0.203 e. The van der Waals surface area contributed by atoms with E-state index in [0.717, 1.165) is 18.4 Å². The van der Waals surface area contributed by atoms with Crippen LogP contribution in [0.1, 0.15) is 38.3 Å². The molecule has 5 nitrogen and oxygen atoms in total. The molecule has 1 aromatic carbocycles. The Morgan fingerprint density at radius 1 is 1.10 bits per heavy atom. The van der Waals surface area contributed by atoms with Crippen molar-refractivity contribution < 1.29 is 14.2 Å². The van der Waals surface area contributed by atoms with Crippen molar-refractivity contribution in [3.8, 4) is 17.2 Å². The lowest BCUT2D eigenvalue weighted by Gasteiger charge is -2.25. The van der Waals surface area contributed by atoms with Crippen molar-refractivity contribution in [3.63, 3.8) is 0 Å². The van der Waals surface area contributed by atoms with E-state index in [1.807, 2.05) is 12.1 Å². The van der Waals surface area contributed by atoms with E-state index >= 15 is 0 Å². The first-order valence-electron chi connectivity index (χ1n) is 6.88. The van der Waals surface area contributed by atoms with Crippen LogP contribution < -0.4 is 25.5 Å². The molecule has 20 heavy (non-hydrogen) atoms. The van der Waals surface area contributed by atoms with Gasteiger partial charge in [0.2, 0.25) is 5.75 Å². The molecular formula is C15H26N2O3. The van der Waals surface area contributed by atoms with Crippen LogP contribution in [-0.2, 0) is 0 Å². The fraction of sp³-hybridized carbons (Fsp3) is 0.600. The molecule has 0 aromatic heterocycles. The van der Waals surface area contributed by atoms with E-state index in [1.54, 1.807) is 21.3 Å². The number of hydrogen-bond acceptors (Lipinski definition) is 5. The van der Waals surface area contributed by atoms with Gasteiger partial charge in [0.15, 0.2) is 11.5 Å². The van der Waals surface area contributed by atoms with Crippen LogP contribution in [0.4, 0.5) is 0 Å². The van der Waals surface area contributed by atoms with E-state index in [-0.39, 0.29) is 6.04 Å². The van der Waals surface area contributed by atoms with Crippen LogP contribution in [0.5, 0.6) is 17.2 Å². The summed E-state index contributed by atoms with van der Waals surface area (Å²) in [5, 5.41) is 0. The Balaban J connectivity index is 3.22. The maximum atomic E-state index is 5.73. The van der Waals surface area contributed by atoms with Gasteiger partial charge in [0.05, 0.1) is 21.3 Å². The molecule has 3 N–H and O–H groups in total. The molecule has 5 heteroatoms. The Morgan fingerprint density at radius 3 is 2.00 bits per heavy atom. The van der Waals surface area contributed by atoms with Crippen molar-refractivity contribution in [3.05, 3.63) is 17.7 Å². The molecular weight excluding hydrogens is 256 g/mol. The van der Waals surface area contributed by atoms with Crippen LogP contribution in [0.15, 0.2) is 12.1 Å². The Bertz CT molecular complexity index is 399. The summed E-state index contributed by atoms with van der Waals surface area (Å²) in [6.45, 7) is 4.34. The summed E-state index contributed by atoms with van der Waals surface area (Å²) < 4.78 is 16.1. The lowest BCUT2D eigenvalue weighted by Crippen LogP contribution is -2.32. The van der Waals surface area contributed by atoms with Crippen molar-refractivity contribution in [2.24, 2.45) is 11.8 Å². The van der Waals surface area contributed by atoms with E-state index < -0.39 is 0 Å². The first-order valence-corrected chi connectivity index (χ1v) is 6.88. The summed E-state index contributed by atoms with van der Waals surface area (Å²) in [7, 11) is 4.82. The normalized spacial score (nSPS) is 13.7. The second kappa shape index (κ2) is 7.97. The molecule has 0 bridgehead atoms. The molecule has 2 atom stereocenters. The minimum Gasteiger partial charge on any atom is -0.493 e. The summed E-state index contributed by atoms with van der Waals surface area (Å²) in [6, 6.07) is 3.93. The molecule has 0 aliphatic heterocycles. The molecule has 1 aromatic rings. The predicted molar refractivity (Wildman–Crippen MR) is 80.2 cm³/mol. The van der Waals surface area contributed by atoms with Gasteiger partial charge in [-0.3, -0.25) is 11.3 Å². The summed E-state index contributed by atoms with van der Waals surface area (Å²) in [4.78, 5) is 0. The van der Waals surface area contributed by atoms with Crippen LogP contribution >= 0.6 is 0 Å². The SMILES string of the molecule is CCCC(C)C(NN)c1cc(OC)c(OC)c(OC)c1. The van der Waals surface area contributed by atoms with Gasteiger partial charge in [0.1, 0.15) is 0 Å². The summed E-state index contributed by atoms with van der Waals surface area (Å²) in [5.41, 5.74) is 3.92. The fourth-order valence-corrected chi connectivity index (χ4v) is 2.49. The predicted octanol–water partition coefficient (Wildman–Crippen LogP) is 2.65. The van der Waals surface area contributed by atoms with E-state index in [9.17, 15) is 0 Å². The fourth-order valence-electron chi connectivity index (χ4n) is 2.49. The van der Waals surface area contributed by atoms with Gasteiger partial charge < -0.3 is 14.2 Å². The van der Waals surface area contributed by atoms with E-state index in [4.69, 9.17) is 20.1 Å². The second-order valence-electron chi connectivity index (χ2n) is 4.87. The lowest BCUT2D eigenvalue weighted by molar-refractivity contribution is 0.319. The summed E-state index contributed by atoms with van der Waals surface area (Å²) in [6.07, 6.45) is 2.20. The lowest BCUT2D eigenvalue weighted by atomic mass is 9.91. The van der Waals surface area contributed by atoms with Gasteiger partial charge in [0.25, 0.3) is 0 Å². The molecule has 0 saturated heterocycles. The average Bonchev–Trinajstić information content (AvgIpc) is 2.47. The van der Waals surface area contributed by atoms with Gasteiger partial charge in [-0.2, -0.15) is 0 Å². The number of nitrogens with two attached hydrogens (primary N) is 1. The Kier molecular flexibility index (Phi) is 6.61. The third-order valence-corrected chi connectivity index (χ3v) is 3.54. The second-order valence-corrected chi connectivity index (χ2v) is 4.87. The average molecular weight is 282 g/mol. The molecule has 2 unspecified atom stereocenters. The molecule has 0 aliphatic carbocycles. The molecule has 0 aliphatic rings. The van der Waals surface area contributed by atoms with Gasteiger partial charge in [-0.05, 0) is 30.0 Å². The standard InChI is InChI=1S/C15H26N2O3/c1-6-7-10(2)14(17-16)11-8-12(18-3)15(20-5)13(9-11)19-4/h8-10,14,17H,6-7,16H2,1-5H3. The minimum absolute atomic E-state index is 0.0451.